The second-order valence-corrected chi connectivity index (χ2v) is 4.44. The van der Waals surface area contributed by atoms with E-state index >= 15 is 0 Å². The van der Waals surface area contributed by atoms with E-state index in [-0.39, 0.29) is 13.0 Å². The lowest BCUT2D eigenvalue weighted by Gasteiger charge is -2.12. The molecule has 0 radical (unpaired) electrons. The summed E-state index contributed by atoms with van der Waals surface area (Å²) in [4.78, 5) is 10.4. The fraction of sp³-hybridized carbons (Fsp3) is 0.500. The zero-order valence-electron chi connectivity index (χ0n) is 10.8. The van der Waals surface area contributed by atoms with Gasteiger partial charge in [-0.25, -0.2) is 0 Å². The molecule has 1 aromatic rings. The monoisotopic (exact) mass is 252 g/mol. The van der Waals surface area contributed by atoms with Crippen molar-refractivity contribution in [2.75, 3.05) is 6.61 Å². The molecule has 0 saturated heterocycles. The maximum atomic E-state index is 10.4. The molecule has 0 unspecified atom stereocenters. The smallest absolute Gasteiger partial charge is 0.306 e. The van der Waals surface area contributed by atoms with E-state index in [1.54, 1.807) is 0 Å². The van der Waals surface area contributed by atoms with Crippen LogP contribution in [0.1, 0.15) is 38.2 Å². The molecule has 1 rings (SSSR count). The summed E-state index contributed by atoms with van der Waals surface area (Å²) in [5.74, 6) is 0.126. The Balaban J connectivity index is 2.46. The van der Waals surface area contributed by atoms with Gasteiger partial charge in [0.05, 0.1) is 12.5 Å². The van der Waals surface area contributed by atoms with E-state index in [4.69, 9.17) is 9.84 Å². The molecule has 2 N–H and O–H groups in total. The molecule has 0 heterocycles. The summed E-state index contributed by atoms with van der Waals surface area (Å²) < 4.78 is 5.32. The maximum absolute atomic E-state index is 10.4. The van der Waals surface area contributed by atoms with Gasteiger partial charge in [-0.2, -0.15) is 0 Å². The van der Waals surface area contributed by atoms with Crippen molar-refractivity contribution in [1.82, 2.24) is 0 Å². The summed E-state index contributed by atoms with van der Waals surface area (Å²) in [6.07, 6.45) is -0.195. The standard InChI is InChI=1S/C14H20O4/c1-3-10(2)11-4-6-13(7-5-11)18-9-12(15)8-14(16)17/h4-7,10,12,15H,3,8-9H2,1-2H3,(H,16,17)/t10-,12-/m0/s1. The number of aliphatic hydroxyl groups excluding tert-OH is 1. The second-order valence-electron chi connectivity index (χ2n) is 4.44. The SMILES string of the molecule is CC[C@H](C)c1ccc(OC[C@@H](O)CC(=O)O)cc1. The number of carboxylic acid groups (broad SMARTS) is 1. The van der Waals surface area contributed by atoms with Gasteiger partial charge in [0.2, 0.25) is 0 Å². The molecule has 4 heteroatoms. The maximum Gasteiger partial charge on any atom is 0.306 e. The van der Waals surface area contributed by atoms with Crippen molar-refractivity contribution >= 4 is 5.97 Å². The van der Waals surface area contributed by atoms with E-state index in [0.29, 0.717) is 11.7 Å². The molecule has 0 amide bonds. The number of carbonyl (C=O) groups is 1. The topological polar surface area (TPSA) is 66.8 Å². The van der Waals surface area contributed by atoms with Gasteiger partial charge in [-0.05, 0) is 30.0 Å². The number of rotatable bonds is 7. The van der Waals surface area contributed by atoms with E-state index in [1.165, 1.54) is 5.56 Å². The van der Waals surface area contributed by atoms with Crippen LogP contribution in [0.15, 0.2) is 24.3 Å². The van der Waals surface area contributed by atoms with Crippen LogP contribution in [0, 0.1) is 0 Å². The number of hydrogen-bond donors (Lipinski definition) is 2. The Morgan fingerprint density at radius 2 is 1.94 bits per heavy atom. The molecule has 18 heavy (non-hydrogen) atoms. The van der Waals surface area contributed by atoms with Crippen LogP contribution in [0.2, 0.25) is 0 Å². The summed E-state index contributed by atoms with van der Waals surface area (Å²) in [5, 5.41) is 17.8. The largest absolute Gasteiger partial charge is 0.491 e. The first-order chi connectivity index (χ1) is 8.52. The van der Waals surface area contributed by atoms with Crippen LogP contribution >= 0.6 is 0 Å². The minimum absolute atomic E-state index is 0.00498. The van der Waals surface area contributed by atoms with Gasteiger partial charge in [0.1, 0.15) is 12.4 Å². The van der Waals surface area contributed by atoms with Gasteiger partial charge < -0.3 is 14.9 Å². The lowest BCUT2D eigenvalue weighted by molar-refractivity contribution is -0.139. The fourth-order valence-corrected chi connectivity index (χ4v) is 1.58. The third-order valence-corrected chi connectivity index (χ3v) is 2.91. The van der Waals surface area contributed by atoms with Crippen molar-refractivity contribution in [2.45, 2.75) is 38.7 Å². The Kier molecular flexibility index (Phi) is 5.65. The zero-order valence-corrected chi connectivity index (χ0v) is 10.8. The summed E-state index contributed by atoms with van der Waals surface area (Å²) in [7, 11) is 0. The lowest BCUT2D eigenvalue weighted by Crippen LogP contribution is -2.21. The lowest BCUT2D eigenvalue weighted by atomic mass is 9.99. The number of aliphatic carboxylic acids is 1. The first-order valence-corrected chi connectivity index (χ1v) is 6.15. The van der Waals surface area contributed by atoms with Gasteiger partial charge in [0.25, 0.3) is 0 Å². The molecule has 0 fully saturated rings. The van der Waals surface area contributed by atoms with Gasteiger partial charge in [-0.1, -0.05) is 26.0 Å². The number of aliphatic hydroxyl groups is 1. The Morgan fingerprint density at radius 1 is 1.33 bits per heavy atom. The van der Waals surface area contributed by atoms with Crippen LogP contribution < -0.4 is 4.74 Å². The highest BCUT2D eigenvalue weighted by Gasteiger charge is 2.10. The van der Waals surface area contributed by atoms with Crippen molar-refractivity contribution in [3.8, 4) is 5.75 Å². The molecule has 0 spiro atoms. The highest BCUT2D eigenvalue weighted by Crippen LogP contribution is 2.21. The Labute approximate surface area is 107 Å². The third-order valence-electron chi connectivity index (χ3n) is 2.91. The summed E-state index contributed by atoms with van der Waals surface area (Å²) in [5.41, 5.74) is 1.25. The van der Waals surface area contributed by atoms with Gasteiger partial charge >= 0.3 is 5.97 Å². The Hall–Kier alpha value is -1.55. The zero-order chi connectivity index (χ0) is 13.5. The van der Waals surface area contributed by atoms with Gasteiger partial charge in [0.15, 0.2) is 0 Å². The fourth-order valence-electron chi connectivity index (χ4n) is 1.58. The summed E-state index contributed by atoms with van der Waals surface area (Å²) in [6, 6.07) is 7.67. The molecule has 0 bridgehead atoms. The molecule has 0 saturated carbocycles. The highest BCUT2D eigenvalue weighted by atomic mass is 16.5. The Bertz CT molecular complexity index is 372. The van der Waals surface area contributed by atoms with Crippen LogP contribution in [-0.2, 0) is 4.79 Å². The predicted octanol–water partition coefficient (Wildman–Crippen LogP) is 2.41. The van der Waals surface area contributed by atoms with E-state index in [9.17, 15) is 9.90 Å². The minimum Gasteiger partial charge on any atom is -0.491 e. The van der Waals surface area contributed by atoms with Crippen molar-refractivity contribution in [3.63, 3.8) is 0 Å². The second kappa shape index (κ2) is 7.01. The van der Waals surface area contributed by atoms with Crippen LogP contribution in [0.3, 0.4) is 0 Å². The third kappa shape index (κ3) is 4.75. The molecule has 4 nitrogen and oxygen atoms in total. The van der Waals surface area contributed by atoms with E-state index in [1.807, 2.05) is 24.3 Å². The molecule has 0 aliphatic carbocycles. The first-order valence-electron chi connectivity index (χ1n) is 6.15. The Morgan fingerprint density at radius 3 is 2.44 bits per heavy atom. The number of ether oxygens (including phenoxy) is 1. The van der Waals surface area contributed by atoms with E-state index in [2.05, 4.69) is 13.8 Å². The summed E-state index contributed by atoms with van der Waals surface area (Å²) in [6.45, 7) is 4.29. The predicted molar refractivity (Wildman–Crippen MR) is 68.9 cm³/mol. The van der Waals surface area contributed by atoms with Gasteiger partial charge in [-0.3, -0.25) is 4.79 Å². The molecule has 1 aromatic carbocycles. The normalized spacial score (nSPS) is 13.9. The quantitative estimate of drug-likeness (QED) is 0.782. The van der Waals surface area contributed by atoms with Crippen molar-refractivity contribution in [1.29, 1.82) is 0 Å². The van der Waals surface area contributed by atoms with Crippen LogP contribution in [0.5, 0.6) is 5.75 Å². The molecule has 2 atom stereocenters. The number of benzene rings is 1. The molecule has 100 valence electrons. The van der Waals surface area contributed by atoms with Crippen LogP contribution in [0.4, 0.5) is 0 Å². The molecular formula is C14H20O4. The molecule has 0 aliphatic rings. The number of carboxylic acids is 1. The average molecular weight is 252 g/mol. The van der Waals surface area contributed by atoms with Crippen molar-refractivity contribution < 1.29 is 19.7 Å². The molecule has 0 aliphatic heterocycles. The first kappa shape index (κ1) is 14.5. The average Bonchev–Trinajstić information content (AvgIpc) is 2.35. The van der Waals surface area contributed by atoms with Crippen LogP contribution in [-0.4, -0.2) is 28.9 Å². The van der Waals surface area contributed by atoms with Gasteiger partial charge in [0, 0.05) is 0 Å². The van der Waals surface area contributed by atoms with E-state index in [0.717, 1.165) is 6.42 Å². The summed E-state index contributed by atoms with van der Waals surface area (Å²) >= 11 is 0. The van der Waals surface area contributed by atoms with Crippen LogP contribution in [0.25, 0.3) is 0 Å². The molecular weight excluding hydrogens is 232 g/mol. The van der Waals surface area contributed by atoms with E-state index < -0.39 is 12.1 Å². The molecule has 0 aromatic heterocycles. The highest BCUT2D eigenvalue weighted by molar-refractivity contribution is 5.67. The van der Waals surface area contributed by atoms with Gasteiger partial charge in [-0.15, -0.1) is 0 Å². The minimum atomic E-state index is -1.03. The van der Waals surface area contributed by atoms with Crippen molar-refractivity contribution in [3.05, 3.63) is 29.8 Å². The number of hydrogen-bond acceptors (Lipinski definition) is 3. The van der Waals surface area contributed by atoms with Crippen molar-refractivity contribution in [2.24, 2.45) is 0 Å².